The van der Waals surface area contributed by atoms with Gasteiger partial charge in [0.1, 0.15) is 16.5 Å². The van der Waals surface area contributed by atoms with Crippen molar-refractivity contribution in [3.8, 4) is 0 Å². The monoisotopic (exact) mass is 268 g/mol. The molecule has 0 N–H and O–H groups in total. The number of halogens is 2. The molecule has 0 radical (unpaired) electrons. The van der Waals surface area contributed by atoms with Gasteiger partial charge in [-0.15, -0.1) is 0 Å². The smallest absolute Gasteiger partial charge is 0.185 e. The van der Waals surface area contributed by atoms with Crippen LogP contribution < -0.4 is 0 Å². The van der Waals surface area contributed by atoms with Crippen LogP contribution in [-0.2, 0) is 15.6 Å². The normalized spacial score (nSPS) is 11.4. The second-order valence-electron chi connectivity index (χ2n) is 3.82. The van der Waals surface area contributed by atoms with Gasteiger partial charge in [0.2, 0.25) is 0 Å². The van der Waals surface area contributed by atoms with Crippen LogP contribution in [0.2, 0.25) is 0 Å². The van der Waals surface area contributed by atoms with Crippen molar-refractivity contribution in [2.24, 2.45) is 0 Å². The van der Waals surface area contributed by atoms with Gasteiger partial charge in [-0.2, -0.15) is 0 Å². The molecular formula is C13H10F2O2S. The molecule has 2 aromatic rings. The summed E-state index contributed by atoms with van der Waals surface area (Å²) in [4.78, 5) is -0.339. The minimum absolute atomic E-state index is 0.339. The quantitative estimate of drug-likeness (QED) is 0.857. The topological polar surface area (TPSA) is 34.1 Å². The molecule has 0 atom stereocenters. The number of hydrogen-bond donors (Lipinski definition) is 0. The summed E-state index contributed by atoms with van der Waals surface area (Å²) in [6, 6.07) is 10.3. The molecule has 0 unspecified atom stereocenters. The second kappa shape index (κ2) is 4.86. The van der Waals surface area contributed by atoms with Crippen molar-refractivity contribution in [3.63, 3.8) is 0 Å². The zero-order valence-corrected chi connectivity index (χ0v) is 10.1. The first-order valence-corrected chi connectivity index (χ1v) is 6.86. The summed E-state index contributed by atoms with van der Waals surface area (Å²) in [7, 11) is -3.75. The largest absolute Gasteiger partial charge is 0.223 e. The first-order chi connectivity index (χ1) is 8.49. The summed E-state index contributed by atoms with van der Waals surface area (Å²) in [5, 5.41) is 0. The molecule has 0 spiro atoms. The average Bonchev–Trinajstić information content (AvgIpc) is 2.32. The standard InChI is InChI=1S/C13H10F2O2S/c14-11-7-5-10(6-8-11)9-18(16,17)13-4-2-1-3-12(13)15/h1-8H,9H2. The average molecular weight is 268 g/mol. The van der Waals surface area contributed by atoms with Crippen molar-refractivity contribution in [2.75, 3.05) is 0 Å². The fourth-order valence-corrected chi connectivity index (χ4v) is 3.01. The van der Waals surface area contributed by atoms with Gasteiger partial charge in [0.25, 0.3) is 0 Å². The summed E-state index contributed by atoms with van der Waals surface area (Å²) < 4.78 is 50.1. The van der Waals surface area contributed by atoms with E-state index in [0.29, 0.717) is 5.56 Å². The van der Waals surface area contributed by atoms with E-state index in [2.05, 4.69) is 0 Å². The molecule has 0 aliphatic heterocycles. The lowest BCUT2D eigenvalue weighted by molar-refractivity contribution is 0.566. The molecule has 0 heterocycles. The highest BCUT2D eigenvalue weighted by molar-refractivity contribution is 7.90. The maximum Gasteiger partial charge on any atom is 0.185 e. The third-order valence-corrected chi connectivity index (χ3v) is 4.16. The Morgan fingerprint density at radius 2 is 1.50 bits per heavy atom. The van der Waals surface area contributed by atoms with Gasteiger partial charge >= 0.3 is 0 Å². The van der Waals surface area contributed by atoms with E-state index in [4.69, 9.17) is 0 Å². The van der Waals surface area contributed by atoms with Crippen LogP contribution in [0.1, 0.15) is 5.56 Å². The molecule has 0 saturated heterocycles. The molecule has 0 saturated carbocycles. The van der Waals surface area contributed by atoms with Crippen LogP contribution >= 0.6 is 0 Å². The third-order valence-electron chi connectivity index (χ3n) is 2.44. The van der Waals surface area contributed by atoms with E-state index in [-0.39, 0.29) is 10.6 Å². The molecule has 0 bridgehead atoms. The molecule has 0 aromatic heterocycles. The predicted octanol–water partition coefficient (Wildman–Crippen LogP) is 2.94. The summed E-state index contributed by atoms with van der Waals surface area (Å²) >= 11 is 0. The summed E-state index contributed by atoms with van der Waals surface area (Å²) in [5.74, 6) is -1.57. The Kier molecular flexibility index (Phi) is 3.43. The Labute approximate surface area is 104 Å². The minimum Gasteiger partial charge on any atom is -0.223 e. The molecule has 0 amide bonds. The van der Waals surface area contributed by atoms with Gasteiger partial charge in [-0.25, -0.2) is 17.2 Å². The van der Waals surface area contributed by atoms with Crippen LogP contribution in [0.5, 0.6) is 0 Å². The van der Waals surface area contributed by atoms with E-state index in [0.717, 1.165) is 6.07 Å². The highest BCUT2D eigenvalue weighted by Gasteiger charge is 2.19. The fraction of sp³-hybridized carbons (Fsp3) is 0.0769. The highest BCUT2D eigenvalue weighted by Crippen LogP contribution is 2.19. The predicted molar refractivity (Wildman–Crippen MR) is 63.7 cm³/mol. The van der Waals surface area contributed by atoms with Crippen LogP contribution in [0.3, 0.4) is 0 Å². The van der Waals surface area contributed by atoms with E-state index in [1.54, 1.807) is 0 Å². The number of benzene rings is 2. The second-order valence-corrected chi connectivity index (χ2v) is 5.77. The maximum absolute atomic E-state index is 13.4. The molecule has 0 aliphatic carbocycles. The van der Waals surface area contributed by atoms with Crippen molar-refractivity contribution in [1.29, 1.82) is 0 Å². The lowest BCUT2D eigenvalue weighted by Gasteiger charge is -2.05. The Bertz CT molecular complexity index is 649. The SMILES string of the molecule is O=S(=O)(Cc1ccc(F)cc1)c1ccccc1F. The van der Waals surface area contributed by atoms with Gasteiger partial charge in [0.15, 0.2) is 9.84 Å². The van der Waals surface area contributed by atoms with Crippen LogP contribution in [0.25, 0.3) is 0 Å². The molecule has 2 rings (SSSR count). The van der Waals surface area contributed by atoms with Crippen molar-refractivity contribution >= 4 is 9.84 Å². The van der Waals surface area contributed by atoms with E-state index in [1.807, 2.05) is 0 Å². The van der Waals surface area contributed by atoms with Crippen molar-refractivity contribution in [2.45, 2.75) is 10.6 Å². The molecule has 94 valence electrons. The molecule has 5 heteroatoms. The Balaban J connectivity index is 2.33. The number of rotatable bonds is 3. The third kappa shape index (κ3) is 2.73. The Morgan fingerprint density at radius 3 is 2.11 bits per heavy atom. The zero-order chi connectivity index (χ0) is 13.2. The molecule has 0 aliphatic rings. The van der Waals surface area contributed by atoms with Crippen LogP contribution in [-0.4, -0.2) is 8.42 Å². The van der Waals surface area contributed by atoms with Gasteiger partial charge in [0, 0.05) is 0 Å². The van der Waals surface area contributed by atoms with Gasteiger partial charge in [-0.1, -0.05) is 24.3 Å². The summed E-state index contributed by atoms with van der Waals surface area (Å²) in [5.41, 5.74) is 0.416. The summed E-state index contributed by atoms with van der Waals surface area (Å²) in [6.45, 7) is 0. The molecule has 2 nitrogen and oxygen atoms in total. The number of hydrogen-bond acceptors (Lipinski definition) is 2. The van der Waals surface area contributed by atoms with Gasteiger partial charge < -0.3 is 0 Å². The van der Waals surface area contributed by atoms with Gasteiger partial charge in [-0.05, 0) is 29.8 Å². The van der Waals surface area contributed by atoms with Crippen LogP contribution in [0.4, 0.5) is 8.78 Å². The van der Waals surface area contributed by atoms with E-state index >= 15 is 0 Å². The molecule has 2 aromatic carbocycles. The first-order valence-electron chi connectivity index (χ1n) is 5.21. The van der Waals surface area contributed by atoms with Gasteiger partial charge in [-0.3, -0.25) is 0 Å². The molecule has 18 heavy (non-hydrogen) atoms. The number of sulfone groups is 1. The van der Waals surface area contributed by atoms with Gasteiger partial charge in [0.05, 0.1) is 5.75 Å². The van der Waals surface area contributed by atoms with Crippen molar-refractivity contribution in [1.82, 2.24) is 0 Å². The first kappa shape index (κ1) is 12.7. The lowest BCUT2D eigenvalue weighted by Crippen LogP contribution is -2.07. The van der Waals surface area contributed by atoms with E-state index in [9.17, 15) is 17.2 Å². The zero-order valence-electron chi connectivity index (χ0n) is 9.31. The van der Waals surface area contributed by atoms with Crippen molar-refractivity contribution in [3.05, 3.63) is 65.7 Å². The Morgan fingerprint density at radius 1 is 0.889 bits per heavy atom. The highest BCUT2D eigenvalue weighted by atomic mass is 32.2. The fourth-order valence-electron chi connectivity index (χ4n) is 1.57. The van der Waals surface area contributed by atoms with Crippen molar-refractivity contribution < 1.29 is 17.2 Å². The maximum atomic E-state index is 13.4. The summed E-state index contributed by atoms with van der Waals surface area (Å²) in [6.07, 6.45) is 0. The minimum atomic E-state index is -3.75. The Hall–Kier alpha value is -1.75. The molecular weight excluding hydrogens is 258 g/mol. The molecule has 0 fully saturated rings. The van der Waals surface area contributed by atoms with Crippen LogP contribution in [0.15, 0.2) is 53.4 Å². The van der Waals surface area contributed by atoms with E-state index < -0.39 is 21.5 Å². The van der Waals surface area contributed by atoms with Crippen LogP contribution in [0, 0.1) is 11.6 Å². The van der Waals surface area contributed by atoms with E-state index in [1.165, 1.54) is 42.5 Å². The lowest BCUT2D eigenvalue weighted by atomic mass is 10.2.